The Hall–Kier alpha value is -1.35. The quantitative estimate of drug-likeness (QED) is 0.417. The van der Waals surface area contributed by atoms with Gasteiger partial charge in [0.05, 0.1) is 15.6 Å². The van der Waals surface area contributed by atoms with Crippen molar-refractivity contribution in [2.75, 3.05) is 12.4 Å². The first kappa shape index (κ1) is 15.0. The molecule has 0 atom stereocenters. The summed E-state index contributed by atoms with van der Waals surface area (Å²) in [4.78, 5) is 10.4. The fraction of sp³-hybridized carbons (Fsp3) is 0.0769. The summed E-state index contributed by atoms with van der Waals surface area (Å²) in [6, 6.07) is 10.5. The van der Waals surface area contributed by atoms with Crippen LogP contribution in [-0.2, 0) is 0 Å². The molecule has 0 saturated heterocycles. The van der Waals surface area contributed by atoms with Crippen molar-refractivity contribution >= 4 is 55.6 Å². The molecule has 7 heteroatoms. The van der Waals surface area contributed by atoms with Crippen LogP contribution in [0.3, 0.4) is 0 Å². The molecule has 0 fully saturated rings. The number of halogens is 2. The SMILES string of the molecule is COc1cc(Br)cc(Nc2ccc([N+](=O)[O-])c(I)c2)c1. The Balaban J connectivity index is 2.28. The van der Waals surface area contributed by atoms with E-state index in [1.807, 2.05) is 40.8 Å². The summed E-state index contributed by atoms with van der Waals surface area (Å²) in [7, 11) is 1.60. The van der Waals surface area contributed by atoms with Gasteiger partial charge in [-0.15, -0.1) is 0 Å². The predicted octanol–water partition coefficient (Wildman–Crippen LogP) is 4.71. The van der Waals surface area contributed by atoms with E-state index in [1.165, 1.54) is 6.07 Å². The Morgan fingerprint density at radius 2 is 2.00 bits per heavy atom. The molecule has 1 N–H and O–H groups in total. The molecule has 0 heterocycles. The van der Waals surface area contributed by atoms with Crippen LogP contribution in [0, 0.1) is 13.7 Å². The van der Waals surface area contributed by atoms with Gasteiger partial charge in [-0.25, -0.2) is 0 Å². The molecule has 0 amide bonds. The second kappa shape index (κ2) is 6.40. The van der Waals surface area contributed by atoms with Crippen LogP contribution in [0.1, 0.15) is 0 Å². The molecule has 2 rings (SSSR count). The number of anilines is 2. The van der Waals surface area contributed by atoms with Gasteiger partial charge in [0, 0.05) is 28.0 Å². The van der Waals surface area contributed by atoms with Crippen molar-refractivity contribution in [2.24, 2.45) is 0 Å². The van der Waals surface area contributed by atoms with E-state index in [0.29, 0.717) is 3.57 Å². The zero-order valence-electron chi connectivity index (χ0n) is 10.4. The molecule has 0 bridgehead atoms. The smallest absolute Gasteiger partial charge is 0.282 e. The standard InChI is InChI=1S/C13H10BrIN2O3/c1-20-11-5-8(14)4-10(6-11)16-9-2-3-13(17(18)19)12(15)7-9/h2-7,16H,1H3. The van der Waals surface area contributed by atoms with Gasteiger partial charge in [0.25, 0.3) is 5.69 Å². The highest BCUT2D eigenvalue weighted by Gasteiger charge is 2.11. The van der Waals surface area contributed by atoms with Crippen LogP contribution in [0.2, 0.25) is 0 Å². The third kappa shape index (κ3) is 3.60. The molecule has 0 unspecified atom stereocenters. The highest BCUT2D eigenvalue weighted by atomic mass is 127. The summed E-state index contributed by atoms with van der Waals surface area (Å²) in [5, 5.41) is 14.0. The summed E-state index contributed by atoms with van der Waals surface area (Å²) in [6.07, 6.45) is 0. The average Bonchev–Trinajstić information content (AvgIpc) is 2.37. The topological polar surface area (TPSA) is 64.4 Å². The lowest BCUT2D eigenvalue weighted by atomic mass is 10.2. The number of rotatable bonds is 4. The van der Waals surface area contributed by atoms with Crippen LogP contribution in [0.4, 0.5) is 17.1 Å². The van der Waals surface area contributed by atoms with E-state index in [1.54, 1.807) is 19.2 Å². The average molecular weight is 449 g/mol. The molecule has 2 aromatic rings. The first-order valence-electron chi connectivity index (χ1n) is 5.55. The summed E-state index contributed by atoms with van der Waals surface area (Å²) < 4.78 is 6.65. The largest absolute Gasteiger partial charge is 0.497 e. The molecule has 104 valence electrons. The minimum absolute atomic E-state index is 0.1000. The highest BCUT2D eigenvalue weighted by Crippen LogP contribution is 2.29. The van der Waals surface area contributed by atoms with Gasteiger partial charge in [0.2, 0.25) is 0 Å². The molecule has 2 aromatic carbocycles. The van der Waals surface area contributed by atoms with Crippen LogP contribution in [-0.4, -0.2) is 12.0 Å². The van der Waals surface area contributed by atoms with Crippen LogP contribution in [0.15, 0.2) is 40.9 Å². The van der Waals surface area contributed by atoms with Gasteiger partial charge in [-0.3, -0.25) is 10.1 Å². The summed E-state index contributed by atoms with van der Waals surface area (Å²) in [5.74, 6) is 0.721. The van der Waals surface area contributed by atoms with E-state index in [9.17, 15) is 10.1 Å². The van der Waals surface area contributed by atoms with Crippen molar-refractivity contribution in [3.63, 3.8) is 0 Å². The lowest BCUT2D eigenvalue weighted by Gasteiger charge is -2.09. The van der Waals surface area contributed by atoms with E-state index in [2.05, 4.69) is 21.2 Å². The molecule has 0 aromatic heterocycles. The summed E-state index contributed by atoms with van der Waals surface area (Å²) >= 11 is 5.35. The highest BCUT2D eigenvalue weighted by molar-refractivity contribution is 14.1. The third-order valence-corrected chi connectivity index (χ3v) is 3.86. The van der Waals surface area contributed by atoms with Gasteiger partial charge in [0.15, 0.2) is 0 Å². The Labute approximate surface area is 137 Å². The Bertz CT molecular complexity index is 664. The number of nitrogens with one attached hydrogen (secondary N) is 1. The maximum atomic E-state index is 10.8. The normalized spacial score (nSPS) is 10.2. The predicted molar refractivity (Wildman–Crippen MR) is 89.8 cm³/mol. The first-order valence-corrected chi connectivity index (χ1v) is 7.42. The number of ether oxygens (including phenoxy) is 1. The molecule has 0 radical (unpaired) electrons. The van der Waals surface area contributed by atoms with Gasteiger partial charge in [-0.05, 0) is 46.9 Å². The lowest BCUT2D eigenvalue weighted by molar-refractivity contribution is -0.385. The first-order chi connectivity index (χ1) is 9.49. The molecule has 20 heavy (non-hydrogen) atoms. The maximum Gasteiger partial charge on any atom is 0.282 e. The van der Waals surface area contributed by atoms with Crippen LogP contribution in [0.5, 0.6) is 5.75 Å². The van der Waals surface area contributed by atoms with Crippen LogP contribution >= 0.6 is 38.5 Å². The van der Waals surface area contributed by atoms with Gasteiger partial charge in [-0.2, -0.15) is 0 Å². The number of benzene rings is 2. The summed E-state index contributed by atoms with van der Waals surface area (Å²) in [6.45, 7) is 0. The number of nitro groups is 1. The van der Waals surface area contributed by atoms with Gasteiger partial charge in [-0.1, -0.05) is 15.9 Å². The minimum Gasteiger partial charge on any atom is -0.497 e. The number of hydrogen-bond donors (Lipinski definition) is 1. The lowest BCUT2D eigenvalue weighted by Crippen LogP contribution is -1.95. The third-order valence-electron chi connectivity index (χ3n) is 2.54. The zero-order valence-corrected chi connectivity index (χ0v) is 14.1. The second-order valence-corrected chi connectivity index (χ2v) is 6.01. The van der Waals surface area contributed by atoms with Gasteiger partial charge >= 0.3 is 0 Å². The van der Waals surface area contributed by atoms with E-state index in [-0.39, 0.29) is 5.69 Å². The summed E-state index contributed by atoms with van der Waals surface area (Å²) in [5.41, 5.74) is 1.71. The van der Waals surface area contributed by atoms with Crippen molar-refractivity contribution in [3.8, 4) is 5.75 Å². The maximum absolute atomic E-state index is 10.8. The minimum atomic E-state index is -0.395. The number of nitro benzene ring substituents is 1. The number of methoxy groups -OCH3 is 1. The molecule has 0 aliphatic carbocycles. The van der Waals surface area contributed by atoms with Gasteiger partial charge < -0.3 is 10.1 Å². The monoisotopic (exact) mass is 448 g/mol. The Morgan fingerprint density at radius 3 is 2.60 bits per heavy atom. The second-order valence-electron chi connectivity index (χ2n) is 3.93. The molecule has 5 nitrogen and oxygen atoms in total. The molecule has 0 spiro atoms. The van der Waals surface area contributed by atoms with E-state index >= 15 is 0 Å². The van der Waals surface area contributed by atoms with Crippen LogP contribution in [0.25, 0.3) is 0 Å². The molecular formula is C13H10BrIN2O3. The molecule has 0 aliphatic rings. The van der Waals surface area contributed by atoms with Crippen molar-refractivity contribution in [1.29, 1.82) is 0 Å². The fourth-order valence-electron chi connectivity index (χ4n) is 1.65. The number of nitrogens with zero attached hydrogens (tertiary/aromatic N) is 1. The molecule has 0 aliphatic heterocycles. The fourth-order valence-corrected chi connectivity index (χ4v) is 2.84. The van der Waals surface area contributed by atoms with Crippen molar-refractivity contribution < 1.29 is 9.66 Å². The Kier molecular flexibility index (Phi) is 4.81. The molecule has 0 saturated carbocycles. The van der Waals surface area contributed by atoms with E-state index in [0.717, 1.165) is 21.6 Å². The van der Waals surface area contributed by atoms with Crippen LogP contribution < -0.4 is 10.1 Å². The van der Waals surface area contributed by atoms with E-state index < -0.39 is 4.92 Å². The number of hydrogen-bond acceptors (Lipinski definition) is 4. The van der Waals surface area contributed by atoms with Crippen molar-refractivity contribution in [2.45, 2.75) is 0 Å². The zero-order chi connectivity index (χ0) is 14.7. The van der Waals surface area contributed by atoms with Crippen molar-refractivity contribution in [1.82, 2.24) is 0 Å². The van der Waals surface area contributed by atoms with E-state index in [4.69, 9.17) is 4.74 Å². The molecular weight excluding hydrogens is 439 g/mol. The van der Waals surface area contributed by atoms with Gasteiger partial charge in [0.1, 0.15) is 5.75 Å². The van der Waals surface area contributed by atoms with Crippen molar-refractivity contribution in [3.05, 3.63) is 54.6 Å². The Morgan fingerprint density at radius 1 is 1.25 bits per heavy atom.